The zero-order valence-corrected chi connectivity index (χ0v) is 19.8. The van der Waals surface area contributed by atoms with Gasteiger partial charge in [-0.25, -0.2) is 9.38 Å². The van der Waals surface area contributed by atoms with Crippen LogP contribution in [0.3, 0.4) is 0 Å². The zero-order chi connectivity index (χ0) is 22.0. The maximum atomic E-state index is 13.2. The number of aromatic nitrogens is 3. The molecule has 5 rings (SSSR count). The van der Waals surface area contributed by atoms with Crippen LogP contribution >= 0.6 is 34.5 Å². The number of halogens is 2. The first-order chi connectivity index (χ1) is 14.7. The average Bonchev–Trinajstić information content (AvgIpc) is 3.29. The summed E-state index contributed by atoms with van der Waals surface area (Å²) in [7, 11) is 0. The summed E-state index contributed by atoms with van der Waals surface area (Å²) in [6, 6.07) is 11.6. The summed E-state index contributed by atoms with van der Waals surface area (Å²) < 4.78 is 4.45. The largest absolute Gasteiger partial charge is 0.316 e. The van der Waals surface area contributed by atoms with Crippen LogP contribution in [0, 0.1) is 27.7 Å². The second-order valence-corrected chi connectivity index (χ2v) is 9.68. The molecule has 0 radical (unpaired) electrons. The number of thiazole rings is 1. The minimum Gasteiger partial charge on any atom is -0.316 e. The summed E-state index contributed by atoms with van der Waals surface area (Å²) in [5.41, 5.74) is 7.86. The predicted octanol–water partition coefficient (Wildman–Crippen LogP) is 5.79. The molecular weight excluding hydrogens is 449 g/mol. The highest BCUT2D eigenvalue weighted by Crippen LogP contribution is 2.29. The summed E-state index contributed by atoms with van der Waals surface area (Å²) in [5.74, 6) is 0. The molecule has 3 heterocycles. The van der Waals surface area contributed by atoms with Crippen molar-refractivity contribution >= 4 is 56.6 Å². The Morgan fingerprint density at radius 2 is 1.74 bits per heavy atom. The molecule has 0 unspecified atom stereocenters. The van der Waals surface area contributed by atoms with Gasteiger partial charge in [0.1, 0.15) is 0 Å². The first kappa shape index (κ1) is 20.3. The molecule has 0 bridgehead atoms. The first-order valence-corrected chi connectivity index (χ1v) is 11.4. The Morgan fingerprint density at radius 3 is 2.48 bits per heavy atom. The molecular formula is C24H19Cl2N3OS. The van der Waals surface area contributed by atoms with Crippen LogP contribution in [0.2, 0.25) is 10.0 Å². The van der Waals surface area contributed by atoms with Crippen LogP contribution in [0.5, 0.6) is 0 Å². The molecule has 4 nitrogen and oxygen atoms in total. The lowest BCUT2D eigenvalue weighted by molar-refractivity contribution is 0.965. The fraction of sp³-hybridized carbons (Fsp3) is 0.167. The highest BCUT2D eigenvalue weighted by Gasteiger charge is 2.15. The van der Waals surface area contributed by atoms with Gasteiger partial charge in [0.15, 0.2) is 4.96 Å². The molecule has 0 spiro atoms. The van der Waals surface area contributed by atoms with E-state index in [0.717, 1.165) is 39.2 Å². The Balaban J connectivity index is 1.70. The minimum absolute atomic E-state index is 0.0416. The monoisotopic (exact) mass is 467 g/mol. The van der Waals surface area contributed by atoms with E-state index in [-0.39, 0.29) is 5.56 Å². The molecule has 0 amide bonds. The average molecular weight is 468 g/mol. The number of imidazole rings is 1. The van der Waals surface area contributed by atoms with E-state index in [4.69, 9.17) is 23.2 Å². The Morgan fingerprint density at radius 1 is 1.00 bits per heavy atom. The maximum absolute atomic E-state index is 13.2. The molecule has 0 saturated heterocycles. The third-order valence-electron chi connectivity index (χ3n) is 5.76. The van der Waals surface area contributed by atoms with E-state index in [9.17, 15) is 4.79 Å². The third-order valence-corrected chi connectivity index (χ3v) is 7.27. The summed E-state index contributed by atoms with van der Waals surface area (Å²) in [6.07, 6.45) is 1.94. The number of aryl methyl sites for hydroxylation is 3. The van der Waals surface area contributed by atoms with Crippen molar-refractivity contribution in [1.29, 1.82) is 0 Å². The molecule has 31 heavy (non-hydrogen) atoms. The normalized spacial score (nSPS) is 12.5. The van der Waals surface area contributed by atoms with Gasteiger partial charge in [-0.15, -0.1) is 0 Å². The third kappa shape index (κ3) is 3.19. The number of fused-ring (bicyclic) bond motifs is 3. The molecule has 7 heteroatoms. The van der Waals surface area contributed by atoms with Crippen molar-refractivity contribution in [3.8, 4) is 5.69 Å². The summed E-state index contributed by atoms with van der Waals surface area (Å²) in [6.45, 7) is 8.15. The molecule has 0 N–H and O–H groups in total. The summed E-state index contributed by atoms with van der Waals surface area (Å²) in [5, 5.41) is 1.18. The molecule has 0 saturated carbocycles. The maximum Gasteiger partial charge on any atom is 0.274 e. The standard InChI is InChI=1S/C24H19Cl2N3OS/c1-12-7-19-21(8-13(12)2)29-23(30)22(31-24(29)27-19)10-16-9-14(3)28(15(16)4)20-6-5-17(25)11-18(20)26/h5-11H,1-4H3/b22-10-. The highest BCUT2D eigenvalue weighted by atomic mass is 35.5. The number of hydrogen-bond donors (Lipinski definition) is 0. The van der Waals surface area contributed by atoms with Gasteiger partial charge in [-0.05, 0) is 86.9 Å². The Labute approximate surface area is 193 Å². The van der Waals surface area contributed by atoms with E-state index < -0.39 is 0 Å². The van der Waals surface area contributed by atoms with Gasteiger partial charge in [-0.2, -0.15) is 0 Å². The fourth-order valence-corrected chi connectivity index (χ4v) is 5.50. The van der Waals surface area contributed by atoms with E-state index in [2.05, 4.69) is 29.5 Å². The van der Waals surface area contributed by atoms with Gasteiger partial charge < -0.3 is 4.57 Å². The van der Waals surface area contributed by atoms with Crippen LogP contribution in [-0.2, 0) is 0 Å². The molecule has 0 aliphatic rings. The lowest BCUT2D eigenvalue weighted by Gasteiger charge is -2.11. The summed E-state index contributed by atoms with van der Waals surface area (Å²) in [4.78, 5) is 18.6. The smallest absolute Gasteiger partial charge is 0.274 e. The number of benzene rings is 2. The van der Waals surface area contributed by atoms with E-state index in [1.807, 2.05) is 44.2 Å². The molecule has 156 valence electrons. The van der Waals surface area contributed by atoms with Crippen molar-refractivity contribution < 1.29 is 0 Å². The highest BCUT2D eigenvalue weighted by molar-refractivity contribution is 7.15. The molecule has 3 aromatic heterocycles. The van der Waals surface area contributed by atoms with Crippen LogP contribution in [0.4, 0.5) is 0 Å². The number of nitrogens with zero attached hydrogens (tertiary/aromatic N) is 3. The Kier molecular flexibility index (Phi) is 4.74. The van der Waals surface area contributed by atoms with Crippen LogP contribution < -0.4 is 10.1 Å². The van der Waals surface area contributed by atoms with Gasteiger partial charge in [-0.1, -0.05) is 34.5 Å². The quantitative estimate of drug-likeness (QED) is 0.329. The van der Waals surface area contributed by atoms with Crippen LogP contribution in [-0.4, -0.2) is 14.0 Å². The lowest BCUT2D eigenvalue weighted by atomic mass is 10.1. The van der Waals surface area contributed by atoms with Crippen molar-refractivity contribution in [2.24, 2.45) is 0 Å². The van der Waals surface area contributed by atoms with Gasteiger partial charge in [-0.3, -0.25) is 4.79 Å². The van der Waals surface area contributed by atoms with E-state index in [1.165, 1.54) is 16.9 Å². The predicted molar refractivity (Wildman–Crippen MR) is 130 cm³/mol. The van der Waals surface area contributed by atoms with Crippen molar-refractivity contribution in [2.75, 3.05) is 0 Å². The van der Waals surface area contributed by atoms with Crippen LogP contribution in [0.25, 0.3) is 27.8 Å². The second-order valence-electron chi connectivity index (χ2n) is 7.83. The molecule has 0 atom stereocenters. The minimum atomic E-state index is -0.0416. The van der Waals surface area contributed by atoms with Crippen molar-refractivity contribution in [3.05, 3.63) is 89.4 Å². The number of rotatable bonds is 2. The van der Waals surface area contributed by atoms with E-state index >= 15 is 0 Å². The van der Waals surface area contributed by atoms with Crippen molar-refractivity contribution in [2.45, 2.75) is 27.7 Å². The summed E-state index contributed by atoms with van der Waals surface area (Å²) >= 11 is 13.9. The lowest BCUT2D eigenvalue weighted by Crippen LogP contribution is -2.22. The molecule has 0 aliphatic carbocycles. The fourth-order valence-electron chi connectivity index (χ4n) is 4.03. The SMILES string of the molecule is Cc1cc2nc3s/c(=C\c4cc(C)n(-c5ccc(Cl)cc5Cl)c4C)c(=O)n3c2cc1C. The van der Waals surface area contributed by atoms with Gasteiger partial charge in [0.2, 0.25) is 0 Å². The molecule has 0 fully saturated rings. The van der Waals surface area contributed by atoms with Crippen molar-refractivity contribution in [3.63, 3.8) is 0 Å². The van der Waals surface area contributed by atoms with Gasteiger partial charge >= 0.3 is 0 Å². The van der Waals surface area contributed by atoms with Gasteiger partial charge in [0.25, 0.3) is 5.56 Å². The first-order valence-electron chi connectivity index (χ1n) is 9.83. The van der Waals surface area contributed by atoms with E-state index in [1.54, 1.807) is 10.5 Å². The van der Waals surface area contributed by atoms with Gasteiger partial charge in [0, 0.05) is 16.4 Å². The van der Waals surface area contributed by atoms with Crippen LogP contribution in [0.15, 0.2) is 41.2 Å². The van der Waals surface area contributed by atoms with Crippen LogP contribution in [0.1, 0.15) is 28.1 Å². The molecule has 2 aromatic carbocycles. The Bertz CT molecular complexity index is 1620. The second kappa shape index (κ2) is 7.23. The topological polar surface area (TPSA) is 39.3 Å². The number of hydrogen-bond acceptors (Lipinski definition) is 3. The molecule has 5 aromatic rings. The zero-order valence-electron chi connectivity index (χ0n) is 17.5. The Hall–Kier alpha value is -2.60. The van der Waals surface area contributed by atoms with Crippen molar-refractivity contribution in [1.82, 2.24) is 14.0 Å². The van der Waals surface area contributed by atoms with Gasteiger partial charge in [0.05, 0.1) is 26.3 Å². The van der Waals surface area contributed by atoms with E-state index in [0.29, 0.717) is 19.5 Å². The molecule has 0 aliphatic heterocycles.